The summed E-state index contributed by atoms with van der Waals surface area (Å²) in [7, 11) is 0. The number of nitrogens with zero attached hydrogens (tertiary/aromatic N) is 4. The van der Waals surface area contributed by atoms with E-state index in [-0.39, 0.29) is 23.0 Å². The van der Waals surface area contributed by atoms with Gasteiger partial charge in [-0.3, -0.25) is 14.3 Å². The van der Waals surface area contributed by atoms with E-state index in [0.29, 0.717) is 29.9 Å². The molecule has 1 saturated carbocycles. The van der Waals surface area contributed by atoms with E-state index in [0.717, 1.165) is 42.6 Å². The van der Waals surface area contributed by atoms with Gasteiger partial charge in [-0.25, -0.2) is 4.98 Å². The molecule has 1 atom stereocenters. The highest BCUT2D eigenvalue weighted by molar-refractivity contribution is 5.98. The van der Waals surface area contributed by atoms with Crippen LogP contribution in [-0.2, 0) is 5.41 Å². The van der Waals surface area contributed by atoms with Gasteiger partial charge in [0, 0.05) is 48.1 Å². The van der Waals surface area contributed by atoms with Crippen molar-refractivity contribution in [3.05, 3.63) is 83.9 Å². The Morgan fingerprint density at radius 1 is 1.11 bits per heavy atom. The van der Waals surface area contributed by atoms with Crippen molar-refractivity contribution in [1.29, 1.82) is 0 Å². The van der Waals surface area contributed by atoms with E-state index >= 15 is 0 Å². The summed E-state index contributed by atoms with van der Waals surface area (Å²) in [6.45, 7) is 3.48. The van der Waals surface area contributed by atoms with E-state index in [2.05, 4.69) is 22.7 Å². The van der Waals surface area contributed by atoms with Gasteiger partial charge in [-0.15, -0.1) is 13.2 Å². The minimum absolute atomic E-state index is 0.0297. The molecule has 1 unspecified atom stereocenters. The monoisotopic (exact) mass is 520 g/mol. The van der Waals surface area contributed by atoms with E-state index in [1.165, 1.54) is 12.1 Å². The Hall–Kier alpha value is -3.88. The van der Waals surface area contributed by atoms with Crippen LogP contribution < -0.4 is 4.74 Å². The Morgan fingerprint density at radius 2 is 1.89 bits per heavy atom. The summed E-state index contributed by atoms with van der Waals surface area (Å²) in [5, 5.41) is 0. The van der Waals surface area contributed by atoms with Gasteiger partial charge < -0.3 is 9.64 Å². The second-order valence-electron chi connectivity index (χ2n) is 10.5. The van der Waals surface area contributed by atoms with Crippen molar-refractivity contribution in [2.24, 2.45) is 0 Å². The number of rotatable bonds is 5. The van der Waals surface area contributed by atoms with E-state index in [9.17, 15) is 18.0 Å². The van der Waals surface area contributed by atoms with Crippen molar-refractivity contribution in [1.82, 2.24) is 19.4 Å². The third-order valence-corrected chi connectivity index (χ3v) is 7.86. The SMILES string of the molecule is CC1(c2nc3cc(C(=O)N4CCC(c5cccnc5)C4)ccc3n2-c2ccc(OC(F)(F)F)cc2)CCC1. The molecule has 1 amide bonds. The Bertz CT molecular complexity index is 1480. The molecule has 0 radical (unpaired) electrons. The van der Waals surface area contributed by atoms with E-state index in [4.69, 9.17) is 4.98 Å². The molecule has 3 heterocycles. The number of hydrogen-bond acceptors (Lipinski definition) is 4. The van der Waals surface area contributed by atoms with Gasteiger partial charge in [-0.05, 0) is 73.4 Å². The molecule has 6 rings (SSSR count). The zero-order valence-corrected chi connectivity index (χ0v) is 20.9. The van der Waals surface area contributed by atoms with Crippen LogP contribution in [0.15, 0.2) is 67.0 Å². The number of likely N-dealkylation sites (tertiary alicyclic amines) is 1. The molecule has 0 N–H and O–H groups in total. The fourth-order valence-corrected chi connectivity index (χ4v) is 5.62. The Balaban J connectivity index is 1.32. The number of halogens is 3. The fraction of sp³-hybridized carbons (Fsp3) is 0.345. The largest absolute Gasteiger partial charge is 0.573 e. The maximum atomic E-state index is 13.4. The summed E-state index contributed by atoms with van der Waals surface area (Å²) >= 11 is 0. The molecular weight excluding hydrogens is 493 g/mol. The zero-order chi connectivity index (χ0) is 26.5. The molecule has 4 aromatic rings. The molecule has 6 nitrogen and oxygen atoms in total. The van der Waals surface area contributed by atoms with Crippen molar-refractivity contribution in [2.75, 3.05) is 13.1 Å². The molecule has 38 heavy (non-hydrogen) atoms. The van der Waals surface area contributed by atoms with Crippen LogP contribution in [0.2, 0.25) is 0 Å². The smallest absolute Gasteiger partial charge is 0.406 e. The molecule has 1 aliphatic carbocycles. The maximum absolute atomic E-state index is 13.4. The van der Waals surface area contributed by atoms with Crippen LogP contribution >= 0.6 is 0 Å². The molecule has 196 valence electrons. The number of fused-ring (bicyclic) bond motifs is 1. The molecular formula is C29H27F3N4O2. The van der Waals surface area contributed by atoms with Gasteiger partial charge in [0.1, 0.15) is 11.6 Å². The van der Waals surface area contributed by atoms with Crippen LogP contribution in [0.25, 0.3) is 16.7 Å². The lowest BCUT2D eigenvalue weighted by atomic mass is 9.70. The topological polar surface area (TPSA) is 60.2 Å². The quantitative estimate of drug-likeness (QED) is 0.306. The Labute approximate surface area is 218 Å². The average Bonchev–Trinajstić information content (AvgIpc) is 3.52. The number of alkyl halides is 3. The second-order valence-corrected chi connectivity index (χ2v) is 10.5. The first-order valence-electron chi connectivity index (χ1n) is 12.8. The van der Waals surface area contributed by atoms with Gasteiger partial charge in [-0.1, -0.05) is 19.4 Å². The predicted octanol–water partition coefficient (Wildman–Crippen LogP) is 6.39. The molecule has 2 fully saturated rings. The Morgan fingerprint density at radius 3 is 2.55 bits per heavy atom. The van der Waals surface area contributed by atoms with Crippen LogP contribution in [-0.4, -0.2) is 44.8 Å². The Kier molecular flexibility index (Phi) is 5.89. The van der Waals surface area contributed by atoms with Crippen LogP contribution in [0.3, 0.4) is 0 Å². The number of ether oxygens (including phenoxy) is 1. The lowest BCUT2D eigenvalue weighted by molar-refractivity contribution is -0.274. The number of carbonyl (C=O) groups is 1. The summed E-state index contributed by atoms with van der Waals surface area (Å²) in [5.41, 5.74) is 3.77. The van der Waals surface area contributed by atoms with Gasteiger partial charge in [0.15, 0.2) is 0 Å². The molecule has 2 aliphatic rings. The highest BCUT2D eigenvalue weighted by atomic mass is 19.4. The predicted molar refractivity (Wildman–Crippen MR) is 136 cm³/mol. The first-order chi connectivity index (χ1) is 18.2. The van der Waals surface area contributed by atoms with Crippen LogP contribution in [0.1, 0.15) is 60.3 Å². The number of carbonyl (C=O) groups excluding carboxylic acids is 1. The zero-order valence-electron chi connectivity index (χ0n) is 20.9. The minimum Gasteiger partial charge on any atom is -0.406 e. The van der Waals surface area contributed by atoms with Gasteiger partial charge in [0.05, 0.1) is 11.0 Å². The first kappa shape index (κ1) is 24.5. The molecule has 0 bridgehead atoms. The third kappa shape index (κ3) is 4.50. The second kappa shape index (κ2) is 9.15. The number of hydrogen-bond donors (Lipinski definition) is 0. The number of imidazole rings is 1. The highest BCUT2D eigenvalue weighted by Crippen LogP contribution is 2.44. The number of amides is 1. The van der Waals surface area contributed by atoms with Crippen molar-refractivity contribution < 1.29 is 22.7 Å². The van der Waals surface area contributed by atoms with Crippen molar-refractivity contribution in [3.63, 3.8) is 0 Å². The maximum Gasteiger partial charge on any atom is 0.573 e. The lowest BCUT2D eigenvalue weighted by Gasteiger charge is -2.38. The van der Waals surface area contributed by atoms with Gasteiger partial charge in [0.25, 0.3) is 5.91 Å². The molecule has 1 aliphatic heterocycles. The molecule has 2 aromatic carbocycles. The van der Waals surface area contributed by atoms with Crippen molar-refractivity contribution in [2.45, 2.75) is 50.3 Å². The van der Waals surface area contributed by atoms with Crippen LogP contribution in [0.5, 0.6) is 5.75 Å². The molecule has 0 spiro atoms. The standard InChI is InChI=1S/C29H27F3N4O2/c1-28(12-3-13-28)27-34-24-16-19(26(37)35-15-11-21(18-35)20-4-2-14-33-17-20)5-10-25(24)36(27)22-6-8-23(9-7-22)38-29(30,31)32/h2,4-10,14,16-17,21H,3,11-13,15,18H2,1H3. The van der Waals surface area contributed by atoms with Crippen LogP contribution in [0, 0.1) is 0 Å². The average molecular weight is 521 g/mol. The van der Waals surface area contributed by atoms with Crippen molar-refractivity contribution in [3.8, 4) is 11.4 Å². The van der Waals surface area contributed by atoms with E-state index in [1.807, 2.05) is 39.9 Å². The lowest BCUT2D eigenvalue weighted by Crippen LogP contribution is -2.33. The fourth-order valence-electron chi connectivity index (χ4n) is 5.62. The van der Waals surface area contributed by atoms with Crippen molar-refractivity contribution >= 4 is 16.9 Å². The van der Waals surface area contributed by atoms with Gasteiger partial charge in [0.2, 0.25) is 0 Å². The first-order valence-corrected chi connectivity index (χ1v) is 12.8. The highest BCUT2D eigenvalue weighted by Gasteiger charge is 2.39. The van der Waals surface area contributed by atoms with Gasteiger partial charge in [-0.2, -0.15) is 0 Å². The normalized spacial score (nSPS) is 18.9. The molecule has 1 saturated heterocycles. The van der Waals surface area contributed by atoms with Gasteiger partial charge >= 0.3 is 6.36 Å². The summed E-state index contributed by atoms with van der Waals surface area (Å²) in [6, 6.07) is 15.3. The van der Waals surface area contributed by atoms with E-state index in [1.54, 1.807) is 18.3 Å². The molecule has 2 aromatic heterocycles. The number of aromatic nitrogens is 3. The summed E-state index contributed by atoms with van der Waals surface area (Å²) in [4.78, 5) is 24.5. The van der Waals surface area contributed by atoms with E-state index < -0.39 is 6.36 Å². The van der Waals surface area contributed by atoms with Crippen LogP contribution in [0.4, 0.5) is 13.2 Å². The number of pyridine rings is 1. The summed E-state index contributed by atoms with van der Waals surface area (Å²) in [5.74, 6) is 0.818. The third-order valence-electron chi connectivity index (χ3n) is 7.86. The number of benzene rings is 2. The summed E-state index contributed by atoms with van der Waals surface area (Å²) < 4.78 is 44.0. The minimum atomic E-state index is -4.75. The summed E-state index contributed by atoms with van der Waals surface area (Å²) in [6.07, 6.45) is 2.80. The molecule has 9 heteroatoms.